The molecule has 7 heteroatoms. The zero-order valence-corrected chi connectivity index (χ0v) is 11.6. The molecule has 0 spiro atoms. The molecule has 0 aliphatic carbocycles. The highest BCUT2D eigenvalue weighted by molar-refractivity contribution is 6.06. The largest absolute Gasteiger partial charge is 0.478 e. The average molecular weight is 300 g/mol. The lowest BCUT2D eigenvalue weighted by atomic mass is 10.1. The highest BCUT2D eigenvalue weighted by atomic mass is 16.6. The normalized spacial score (nSPS) is 10.0. The predicted molar refractivity (Wildman–Crippen MR) is 79.2 cm³/mol. The van der Waals surface area contributed by atoms with Gasteiger partial charge in [-0.1, -0.05) is 6.07 Å². The molecule has 0 unspecified atom stereocenters. The lowest BCUT2D eigenvalue weighted by molar-refractivity contribution is -0.385. The Hall–Kier alpha value is -3.22. The van der Waals surface area contributed by atoms with Crippen molar-refractivity contribution >= 4 is 23.3 Å². The SMILES string of the molecule is Cc1c(C(=O)Nc2ccc(C(=O)O)cc2)cccc1[N+](=O)[O-]. The Bertz CT molecular complexity index is 753. The van der Waals surface area contributed by atoms with Gasteiger partial charge in [0.05, 0.1) is 10.5 Å². The first-order chi connectivity index (χ1) is 10.4. The van der Waals surface area contributed by atoms with Crippen molar-refractivity contribution in [2.24, 2.45) is 0 Å². The minimum atomic E-state index is -1.06. The number of carboxylic acid groups (broad SMARTS) is 1. The van der Waals surface area contributed by atoms with Crippen molar-refractivity contribution in [1.82, 2.24) is 0 Å². The monoisotopic (exact) mass is 300 g/mol. The second-order valence-electron chi connectivity index (χ2n) is 4.54. The van der Waals surface area contributed by atoms with E-state index in [1.807, 2.05) is 0 Å². The number of hydrogen-bond acceptors (Lipinski definition) is 4. The van der Waals surface area contributed by atoms with Crippen LogP contribution in [0.3, 0.4) is 0 Å². The van der Waals surface area contributed by atoms with E-state index in [9.17, 15) is 19.7 Å². The van der Waals surface area contributed by atoms with E-state index in [0.717, 1.165) is 0 Å². The third-order valence-corrected chi connectivity index (χ3v) is 3.14. The average Bonchev–Trinajstić information content (AvgIpc) is 2.47. The van der Waals surface area contributed by atoms with Crippen molar-refractivity contribution in [2.45, 2.75) is 6.92 Å². The molecule has 0 atom stereocenters. The number of nitro groups is 1. The van der Waals surface area contributed by atoms with Gasteiger partial charge in [0.15, 0.2) is 0 Å². The summed E-state index contributed by atoms with van der Waals surface area (Å²) in [5.41, 5.74) is 0.836. The van der Waals surface area contributed by atoms with Crippen LogP contribution < -0.4 is 5.32 Å². The number of rotatable bonds is 4. The standard InChI is InChI=1S/C15H12N2O5/c1-9-12(3-2-4-13(9)17(21)22)14(18)16-11-7-5-10(6-8-11)15(19)20/h2-8H,1H3,(H,16,18)(H,19,20). The molecule has 7 nitrogen and oxygen atoms in total. The van der Waals surface area contributed by atoms with E-state index in [1.165, 1.54) is 49.4 Å². The van der Waals surface area contributed by atoms with Gasteiger partial charge in [0.25, 0.3) is 11.6 Å². The maximum Gasteiger partial charge on any atom is 0.335 e. The Balaban J connectivity index is 2.24. The smallest absolute Gasteiger partial charge is 0.335 e. The van der Waals surface area contributed by atoms with Gasteiger partial charge in [-0.15, -0.1) is 0 Å². The molecular formula is C15H12N2O5. The number of nitro benzene ring substituents is 1. The summed E-state index contributed by atoms with van der Waals surface area (Å²) in [6.45, 7) is 1.50. The van der Waals surface area contributed by atoms with Crippen LogP contribution in [-0.4, -0.2) is 21.9 Å². The number of nitrogens with one attached hydrogen (secondary N) is 1. The second kappa shape index (κ2) is 6.04. The summed E-state index contributed by atoms with van der Waals surface area (Å²) in [4.78, 5) is 33.3. The van der Waals surface area contributed by atoms with Crippen molar-refractivity contribution in [1.29, 1.82) is 0 Å². The maximum atomic E-state index is 12.2. The minimum absolute atomic E-state index is 0.101. The molecule has 0 aliphatic rings. The highest BCUT2D eigenvalue weighted by Crippen LogP contribution is 2.22. The number of carbonyl (C=O) groups is 2. The van der Waals surface area contributed by atoms with E-state index in [4.69, 9.17) is 5.11 Å². The Labute approximate surface area is 125 Å². The van der Waals surface area contributed by atoms with Crippen molar-refractivity contribution < 1.29 is 19.6 Å². The molecular weight excluding hydrogens is 288 g/mol. The van der Waals surface area contributed by atoms with Crippen LogP contribution >= 0.6 is 0 Å². The van der Waals surface area contributed by atoms with Crippen LogP contribution in [0, 0.1) is 17.0 Å². The highest BCUT2D eigenvalue weighted by Gasteiger charge is 2.18. The van der Waals surface area contributed by atoms with Crippen molar-refractivity contribution in [3.05, 3.63) is 69.3 Å². The molecule has 0 saturated carbocycles. The van der Waals surface area contributed by atoms with E-state index in [1.54, 1.807) is 0 Å². The van der Waals surface area contributed by atoms with Crippen LogP contribution in [0.5, 0.6) is 0 Å². The quantitative estimate of drug-likeness (QED) is 0.666. The molecule has 2 aromatic carbocycles. The number of hydrogen-bond donors (Lipinski definition) is 2. The fraction of sp³-hybridized carbons (Fsp3) is 0.0667. The second-order valence-corrected chi connectivity index (χ2v) is 4.54. The zero-order chi connectivity index (χ0) is 16.3. The Morgan fingerprint density at radius 1 is 1.14 bits per heavy atom. The number of aromatic carboxylic acids is 1. The van der Waals surface area contributed by atoms with Gasteiger partial charge < -0.3 is 10.4 Å². The number of carbonyl (C=O) groups excluding carboxylic acids is 1. The predicted octanol–water partition coefficient (Wildman–Crippen LogP) is 2.85. The van der Waals surface area contributed by atoms with Crippen LogP contribution in [-0.2, 0) is 0 Å². The zero-order valence-electron chi connectivity index (χ0n) is 11.6. The number of anilines is 1. The fourth-order valence-corrected chi connectivity index (χ4v) is 1.96. The van der Waals surface area contributed by atoms with E-state index >= 15 is 0 Å². The first kappa shape index (κ1) is 15.2. The van der Waals surface area contributed by atoms with Crippen molar-refractivity contribution in [3.8, 4) is 0 Å². The molecule has 0 saturated heterocycles. The molecule has 22 heavy (non-hydrogen) atoms. The number of benzene rings is 2. The van der Waals surface area contributed by atoms with E-state index in [0.29, 0.717) is 5.69 Å². The number of amides is 1. The summed E-state index contributed by atoms with van der Waals surface area (Å²) in [6.07, 6.45) is 0. The topological polar surface area (TPSA) is 110 Å². The summed E-state index contributed by atoms with van der Waals surface area (Å²) in [6, 6.07) is 9.88. The van der Waals surface area contributed by atoms with Gasteiger partial charge in [-0.25, -0.2) is 4.79 Å². The fourth-order valence-electron chi connectivity index (χ4n) is 1.96. The Morgan fingerprint density at radius 2 is 1.77 bits per heavy atom. The first-order valence-corrected chi connectivity index (χ1v) is 6.29. The molecule has 0 radical (unpaired) electrons. The summed E-state index contributed by atoms with van der Waals surface area (Å²) < 4.78 is 0. The van der Waals surface area contributed by atoms with Crippen LogP contribution in [0.4, 0.5) is 11.4 Å². The maximum absolute atomic E-state index is 12.2. The molecule has 0 aromatic heterocycles. The third-order valence-electron chi connectivity index (χ3n) is 3.14. The summed E-state index contributed by atoms with van der Waals surface area (Å²) in [7, 11) is 0. The van der Waals surface area contributed by atoms with Crippen LogP contribution in [0.1, 0.15) is 26.3 Å². The number of nitrogens with zero attached hydrogens (tertiary/aromatic N) is 1. The molecule has 0 aliphatic heterocycles. The molecule has 2 aromatic rings. The summed E-state index contributed by atoms with van der Waals surface area (Å²) in [5.74, 6) is -1.56. The van der Waals surface area contributed by atoms with Gasteiger partial charge >= 0.3 is 5.97 Å². The molecule has 0 fully saturated rings. The van der Waals surface area contributed by atoms with Gasteiger partial charge in [-0.2, -0.15) is 0 Å². The van der Waals surface area contributed by atoms with Crippen LogP contribution in [0.15, 0.2) is 42.5 Å². The Kier molecular flexibility index (Phi) is 4.17. The lowest BCUT2D eigenvalue weighted by Gasteiger charge is -2.08. The molecule has 2 rings (SSSR count). The molecule has 2 N–H and O–H groups in total. The van der Waals surface area contributed by atoms with E-state index in [2.05, 4.69) is 5.32 Å². The van der Waals surface area contributed by atoms with Crippen LogP contribution in [0.25, 0.3) is 0 Å². The Morgan fingerprint density at radius 3 is 2.32 bits per heavy atom. The van der Waals surface area contributed by atoms with Gasteiger partial charge in [0.2, 0.25) is 0 Å². The van der Waals surface area contributed by atoms with Gasteiger partial charge in [-0.3, -0.25) is 14.9 Å². The third kappa shape index (κ3) is 3.09. The molecule has 0 heterocycles. The minimum Gasteiger partial charge on any atom is -0.478 e. The molecule has 0 bridgehead atoms. The number of carboxylic acids is 1. The van der Waals surface area contributed by atoms with Gasteiger partial charge in [0, 0.05) is 22.9 Å². The van der Waals surface area contributed by atoms with Crippen LogP contribution in [0.2, 0.25) is 0 Å². The summed E-state index contributed by atoms with van der Waals surface area (Å²) >= 11 is 0. The first-order valence-electron chi connectivity index (χ1n) is 6.29. The summed E-state index contributed by atoms with van der Waals surface area (Å²) in [5, 5.41) is 22.3. The van der Waals surface area contributed by atoms with Crippen molar-refractivity contribution in [3.63, 3.8) is 0 Å². The van der Waals surface area contributed by atoms with E-state index < -0.39 is 16.8 Å². The van der Waals surface area contributed by atoms with Gasteiger partial charge in [0.1, 0.15) is 0 Å². The molecule has 1 amide bonds. The van der Waals surface area contributed by atoms with E-state index in [-0.39, 0.29) is 22.4 Å². The lowest BCUT2D eigenvalue weighted by Crippen LogP contribution is -2.14. The molecule has 112 valence electrons. The van der Waals surface area contributed by atoms with Gasteiger partial charge in [-0.05, 0) is 37.3 Å². The van der Waals surface area contributed by atoms with Crippen molar-refractivity contribution in [2.75, 3.05) is 5.32 Å².